The average Bonchev–Trinajstić information content (AvgIpc) is 2.65. The van der Waals surface area contributed by atoms with Crippen molar-refractivity contribution in [1.82, 2.24) is 10.2 Å². The van der Waals surface area contributed by atoms with Gasteiger partial charge in [-0.05, 0) is 18.6 Å². The Morgan fingerprint density at radius 1 is 1.00 bits per heavy atom. The molecular weight excluding hydrogens is 336 g/mol. The normalized spacial score (nSPS) is 16.5. The summed E-state index contributed by atoms with van der Waals surface area (Å²) in [4.78, 5) is 2.47. The second-order valence-corrected chi connectivity index (χ2v) is 6.74. The summed E-state index contributed by atoms with van der Waals surface area (Å²) in [6, 6.07) is 12.7. The van der Waals surface area contributed by atoms with Gasteiger partial charge in [-0.15, -0.1) is 0 Å². The summed E-state index contributed by atoms with van der Waals surface area (Å²) in [5, 5.41) is 4.02. The number of piperazine rings is 1. The van der Waals surface area contributed by atoms with Crippen LogP contribution in [0.5, 0.6) is 11.5 Å². The smallest absolute Gasteiger partial charge is 0.141 e. The van der Waals surface area contributed by atoms with Crippen molar-refractivity contribution < 1.29 is 9.47 Å². The first-order valence-corrected chi connectivity index (χ1v) is 8.94. The lowest BCUT2D eigenvalue weighted by atomic mass is 9.94. The summed E-state index contributed by atoms with van der Waals surface area (Å²) in [7, 11) is 3.31. The van der Waals surface area contributed by atoms with E-state index >= 15 is 0 Å². The molecule has 2 aromatic rings. The minimum Gasteiger partial charge on any atom is -0.496 e. The minimum absolute atomic E-state index is 0.0982. The summed E-state index contributed by atoms with van der Waals surface area (Å²) in [5.41, 5.74) is 3.56. The first-order chi connectivity index (χ1) is 12.1. The second kappa shape index (κ2) is 8.09. The molecule has 2 aromatic carbocycles. The van der Waals surface area contributed by atoms with Crippen molar-refractivity contribution in [3.8, 4) is 11.5 Å². The maximum atomic E-state index is 6.44. The number of hydrogen-bond acceptors (Lipinski definition) is 4. The van der Waals surface area contributed by atoms with Gasteiger partial charge < -0.3 is 14.8 Å². The van der Waals surface area contributed by atoms with Crippen LogP contribution in [0.15, 0.2) is 36.4 Å². The van der Waals surface area contributed by atoms with Crippen molar-refractivity contribution in [3.63, 3.8) is 0 Å². The van der Waals surface area contributed by atoms with Crippen molar-refractivity contribution in [2.24, 2.45) is 0 Å². The van der Waals surface area contributed by atoms with Crippen LogP contribution in [0.25, 0.3) is 0 Å². The van der Waals surface area contributed by atoms with Crippen LogP contribution < -0.4 is 14.8 Å². The number of ether oxygens (including phenoxy) is 2. The molecule has 0 aliphatic carbocycles. The molecule has 1 saturated heterocycles. The Balaban J connectivity index is 2.10. The number of nitrogens with one attached hydrogen (secondary N) is 1. The van der Waals surface area contributed by atoms with Crippen LogP contribution in [0.1, 0.15) is 22.7 Å². The predicted molar refractivity (Wildman–Crippen MR) is 102 cm³/mol. The number of nitrogens with zero attached hydrogens (tertiary/aromatic N) is 1. The third kappa shape index (κ3) is 3.92. The number of benzene rings is 2. The van der Waals surface area contributed by atoms with Gasteiger partial charge in [0, 0.05) is 37.8 Å². The van der Waals surface area contributed by atoms with Crippen LogP contribution >= 0.6 is 11.6 Å². The van der Waals surface area contributed by atoms with Gasteiger partial charge in [-0.3, -0.25) is 4.90 Å². The molecule has 3 rings (SSSR count). The van der Waals surface area contributed by atoms with Crippen LogP contribution in [0.3, 0.4) is 0 Å². The van der Waals surface area contributed by atoms with Gasteiger partial charge in [0.25, 0.3) is 0 Å². The van der Waals surface area contributed by atoms with Crippen LogP contribution in [0.2, 0.25) is 5.02 Å². The van der Waals surface area contributed by atoms with Gasteiger partial charge in [0.1, 0.15) is 11.5 Å². The molecule has 1 N–H and O–H groups in total. The second-order valence-electron chi connectivity index (χ2n) is 6.33. The molecule has 1 heterocycles. The van der Waals surface area contributed by atoms with Gasteiger partial charge in [0.15, 0.2) is 0 Å². The lowest BCUT2D eigenvalue weighted by Gasteiger charge is -2.36. The summed E-state index contributed by atoms with van der Waals surface area (Å²) in [5.74, 6) is 1.43. The summed E-state index contributed by atoms with van der Waals surface area (Å²) < 4.78 is 11.0. The van der Waals surface area contributed by atoms with E-state index in [1.165, 1.54) is 11.1 Å². The topological polar surface area (TPSA) is 33.7 Å². The molecule has 25 heavy (non-hydrogen) atoms. The van der Waals surface area contributed by atoms with Crippen LogP contribution in [-0.4, -0.2) is 45.3 Å². The Labute approximate surface area is 154 Å². The van der Waals surface area contributed by atoms with E-state index in [4.69, 9.17) is 21.1 Å². The fourth-order valence-electron chi connectivity index (χ4n) is 3.37. The SMILES string of the molecule is COc1cc(OC)c(C(c2ccc(C)cc2)N2CCNCC2)cc1Cl. The Morgan fingerprint density at radius 3 is 2.24 bits per heavy atom. The van der Waals surface area contributed by atoms with Crippen molar-refractivity contribution in [2.75, 3.05) is 40.4 Å². The van der Waals surface area contributed by atoms with Crippen molar-refractivity contribution in [1.29, 1.82) is 0 Å². The molecule has 0 bridgehead atoms. The average molecular weight is 361 g/mol. The van der Waals surface area contributed by atoms with E-state index in [2.05, 4.69) is 41.4 Å². The fraction of sp³-hybridized carbons (Fsp3) is 0.400. The standard InChI is InChI=1S/C20H25ClN2O2/c1-14-4-6-15(7-5-14)20(23-10-8-22-9-11-23)16-12-17(21)19(25-3)13-18(16)24-2/h4-7,12-13,20,22H,8-11H2,1-3H3. The number of aryl methyl sites for hydroxylation is 1. The molecule has 4 nitrogen and oxygen atoms in total. The summed E-state index contributed by atoms with van der Waals surface area (Å²) in [6.45, 7) is 6.02. The molecule has 1 fully saturated rings. The zero-order valence-electron chi connectivity index (χ0n) is 15.0. The highest BCUT2D eigenvalue weighted by Crippen LogP contribution is 2.40. The van der Waals surface area contributed by atoms with Gasteiger partial charge in [-0.1, -0.05) is 41.4 Å². The van der Waals surface area contributed by atoms with Gasteiger partial charge >= 0.3 is 0 Å². The van der Waals surface area contributed by atoms with Crippen molar-refractivity contribution in [2.45, 2.75) is 13.0 Å². The first kappa shape index (κ1) is 18.1. The Kier molecular flexibility index (Phi) is 5.84. The fourth-order valence-corrected chi connectivity index (χ4v) is 3.62. The highest BCUT2D eigenvalue weighted by Gasteiger charge is 2.27. The molecule has 0 radical (unpaired) electrons. The van der Waals surface area contributed by atoms with E-state index in [0.29, 0.717) is 10.8 Å². The first-order valence-electron chi connectivity index (χ1n) is 8.56. The molecule has 0 aromatic heterocycles. The molecule has 1 atom stereocenters. The molecule has 5 heteroatoms. The lowest BCUT2D eigenvalue weighted by Crippen LogP contribution is -2.45. The van der Waals surface area contributed by atoms with Gasteiger partial charge in [-0.25, -0.2) is 0 Å². The molecule has 0 spiro atoms. The Bertz CT molecular complexity index is 712. The molecule has 1 unspecified atom stereocenters. The number of methoxy groups -OCH3 is 2. The van der Waals surface area contributed by atoms with Crippen molar-refractivity contribution >= 4 is 11.6 Å². The molecule has 1 aliphatic heterocycles. The van der Waals surface area contributed by atoms with Gasteiger partial charge in [0.2, 0.25) is 0 Å². The predicted octanol–water partition coefficient (Wildman–Crippen LogP) is 3.66. The van der Waals surface area contributed by atoms with E-state index in [-0.39, 0.29) is 6.04 Å². The Morgan fingerprint density at radius 2 is 1.64 bits per heavy atom. The number of hydrogen-bond donors (Lipinski definition) is 1. The zero-order chi connectivity index (χ0) is 17.8. The largest absolute Gasteiger partial charge is 0.496 e. The van der Waals surface area contributed by atoms with Crippen LogP contribution in [0.4, 0.5) is 0 Å². The number of halogens is 1. The summed E-state index contributed by atoms with van der Waals surface area (Å²) in [6.07, 6.45) is 0. The highest BCUT2D eigenvalue weighted by atomic mass is 35.5. The maximum absolute atomic E-state index is 6.44. The summed E-state index contributed by atoms with van der Waals surface area (Å²) >= 11 is 6.44. The monoisotopic (exact) mass is 360 g/mol. The zero-order valence-corrected chi connectivity index (χ0v) is 15.8. The Hall–Kier alpha value is -1.75. The van der Waals surface area contributed by atoms with E-state index in [9.17, 15) is 0 Å². The molecule has 1 aliphatic rings. The maximum Gasteiger partial charge on any atom is 0.141 e. The van der Waals surface area contributed by atoms with E-state index in [1.54, 1.807) is 14.2 Å². The van der Waals surface area contributed by atoms with Crippen LogP contribution in [0, 0.1) is 6.92 Å². The molecule has 134 valence electrons. The molecule has 0 amide bonds. The van der Waals surface area contributed by atoms with Gasteiger partial charge in [-0.2, -0.15) is 0 Å². The van der Waals surface area contributed by atoms with E-state index < -0.39 is 0 Å². The van der Waals surface area contributed by atoms with E-state index in [0.717, 1.165) is 37.5 Å². The molecule has 0 saturated carbocycles. The highest BCUT2D eigenvalue weighted by molar-refractivity contribution is 6.32. The minimum atomic E-state index is 0.0982. The van der Waals surface area contributed by atoms with E-state index in [1.807, 2.05) is 12.1 Å². The number of rotatable bonds is 5. The third-order valence-electron chi connectivity index (χ3n) is 4.71. The molecular formula is C20H25ClN2O2. The van der Waals surface area contributed by atoms with Crippen molar-refractivity contribution in [3.05, 3.63) is 58.1 Å². The van der Waals surface area contributed by atoms with Crippen LogP contribution in [-0.2, 0) is 0 Å². The van der Waals surface area contributed by atoms with Gasteiger partial charge in [0.05, 0.1) is 25.3 Å². The third-order valence-corrected chi connectivity index (χ3v) is 5.00. The quantitative estimate of drug-likeness (QED) is 0.882. The lowest BCUT2D eigenvalue weighted by molar-refractivity contribution is 0.195.